The van der Waals surface area contributed by atoms with Crippen molar-refractivity contribution >= 4 is 17.6 Å². The summed E-state index contributed by atoms with van der Waals surface area (Å²) in [6, 6.07) is 25.1. The van der Waals surface area contributed by atoms with Gasteiger partial charge in [-0.25, -0.2) is 4.79 Å². The van der Waals surface area contributed by atoms with Crippen molar-refractivity contribution in [2.45, 2.75) is 5.60 Å². The SMILES string of the molecule is N#Cc1cccc(NC(=O)COC(=O)C(O)(c2ccccc2)c2ccccc2)c1. The number of nitrogens with zero attached hydrogens (tertiary/aromatic N) is 1. The van der Waals surface area contributed by atoms with Gasteiger partial charge in [-0.05, 0) is 29.3 Å². The van der Waals surface area contributed by atoms with Gasteiger partial charge in [0.1, 0.15) is 0 Å². The van der Waals surface area contributed by atoms with E-state index in [2.05, 4.69) is 5.32 Å². The van der Waals surface area contributed by atoms with Crippen LogP contribution in [0.2, 0.25) is 0 Å². The number of carbonyl (C=O) groups is 2. The van der Waals surface area contributed by atoms with Gasteiger partial charge in [-0.3, -0.25) is 4.79 Å². The predicted octanol–water partition coefficient (Wildman–Crippen LogP) is 2.98. The molecule has 3 aromatic rings. The van der Waals surface area contributed by atoms with Gasteiger partial charge in [-0.2, -0.15) is 5.26 Å². The first-order valence-electron chi connectivity index (χ1n) is 8.84. The molecule has 0 aliphatic carbocycles. The highest BCUT2D eigenvalue weighted by atomic mass is 16.6. The van der Waals surface area contributed by atoms with Crippen LogP contribution in [0.3, 0.4) is 0 Å². The molecule has 0 aliphatic rings. The van der Waals surface area contributed by atoms with Crippen LogP contribution in [0.1, 0.15) is 16.7 Å². The van der Waals surface area contributed by atoms with Crippen LogP contribution in [0.25, 0.3) is 0 Å². The van der Waals surface area contributed by atoms with Gasteiger partial charge in [0.25, 0.3) is 5.91 Å². The second-order valence-corrected chi connectivity index (χ2v) is 6.26. The lowest BCUT2D eigenvalue weighted by Gasteiger charge is -2.26. The summed E-state index contributed by atoms with van der Waals surface area (Å²) in [5.74, 6) is -1.55. The van der Waals surface area contributed by atoms with Crippen molar-refractivity contribution in [2.75, 3.05) is 11.9 Å². The summed E-state index contributed by atoms with van der Waals surface area (Å²) < 4.78 is 5.14. The van der Waals surface area contributed by atoms with E-state index in [0.29, 0.717) is 22.4 Å². The average molecular weight is 386 g/mol. The summed E-state index contributed by atoms with van der Waals surface area (Å²) in [6.45, 7) is -0.586. The molecule has 0 bridgehead atoms. The number of ether oxygens (including phenoxy) is 1. The van der Waals surface area contributed by atoms with E-state index in [4.69, 9.17) is 10.00 Å². The molecule has 6 heteroatoms. The molecule has 0 aromatic heterocycles. The summed E-state index contributed by atoms with van der Waals surface area (Å²) in [4.78, 5) is 25.0. The Morgan fingerprint density at radius 2 is 1.52 bits per heavy atom. The van der Waals surface area contributed by atoms with E-state index < -0.39 is 24.1 Å². The number of benzene rings is 3. The number of carbonyl (C=O) groups excluding carboxylic acids is 2. The number of nitriles is 1. The first-order valence-corrected chi connectivity index (χ1v) is 8.84. The summed E-state index contributed by atoms with van der Waals surface area (Å²) in [6.07, 6.45) is 0. The van der Waals surface area contributed by atoms with Crippen LogP contribution in [-0.2, 0) is 19.9 Å². The van der Waals surface area contributed by atoms with Crippen molar-refractivity contribution < 1.29 is 19.4 Å². The summed E-state index contributed by atoms with van der Waals surface area (Å²) in [7, 11) is 0. The second kappa shape index (κ2) is 8.83. The van der Waals surface area contributed by atoms with E-state index in [9.17, 15) is 14.7 Å². The zero-order valence-corrected chi connectivity index (χ0v) is 15.4. The van der Waals surface area contributed by atoms with Gasteiger partial charge in [0.15, 0.2) is 6.61 Å². The number of aliphatic hydroxyl groups is 1. The Hall–Kier alpha value is -3.95. The smallest absolute Gasteiger partial charge is 0.348 e. The van der Waals surface area contributed by atoms with Gasteiger partial charge in [0.05, 0.1) is 11.6 Å². The first-order chi connectivity index (χ1) is 14.0. The molecule has 3 aromatic carbocycles. The number of hydrogen-bond acceptors (Lipinski definition) is 5. The summed E-state index contributed by atoms with van der Waals surface area (Å²) >= 11 is 0. The molecule has 0 heterocycles. The van der Waals surface area contributed by atoms with Gasteiger partial charge in [0, 0.05) is 5.69 Å². The molecule has 0 saturated heterocycles. The molecule has 1 amide bonds. The maximum absolute atomic E-state index is 12.8. The van der Waals surface area contributed by atoms with E-state index >= 15 is 0 Å². The molecule has 0 aliphatic heterocycles. The standard InChI is InChI=1S/C23H18N2O4/c24-15-17-8-7-13-20(14-17)25-21(26)16-29-22(27)23(28,18-9-3-1-4-10-18)19-11-5-2-6-12-19/h1-14,28H,16H2,(H,25,26). The van der Waals surface area contributed by atoms with Crippen molar-refractivity contribution in [3.8, 4) is 6.07 Å². The Morgan fingerprint density at radius 1 is 0.931 bits per heavy atom. The molecular formula is C23H18N2O4. The van der Waals surface area contributed by atoms with Gasteiger partial charge >= 0.3 is 5.97 Å². The van der Waals surface area contributed by atoms with Crippen LogP contribution in [-0.4, -0.2) is 23.6 Å². The number of anilines is 1. The molecular weight excluding hydrogens is 368 g/mol. The Balaban J connectivity index is 1.75. The van der Waals surface area contributed by atoms with E-state index in [1.807, 2.05) is 6.07 Å². The summed E-state index contributed by atoms with van der Waals surface area (Å²) in [5.41, 5.74) is -0.589. The predicted molar refractivity (Wildman–Crippen MR) is 107 cm³/mol. The Morgan fingerprint density at radius 3 is 2.07 bits per heavy atom. The van der Waals surface area contributed by atoms with Gasteiger partial charge < -0.3 is 15.2 Å². The number of nitrogens with one attached hydrogen (secondary N) is 1. The number of hydrogen-bond donors (Lipinski definition) is 2. The van der Waals surface area contributed by atoms with Gasteiger partial charge in [0.2, 0.25) is 5.60 Å². The highest BCUT2D eigenvalue weighted by Gasteiger charge is 2.41. The van der Waals surface area contributed by atoms with Crippen molar-refractivity contribution in [3.63, 3.8) is 0 Å². The fraction of sp³-hybridized carbons (Fsp3) is 0.0870. The molecule has 0 saturated carbocycles. The highest BCUT2D eigenvalue weighted by Crippen LogP contribution is 2.31. The van der Waals surface area contributed by atoms with Gasteiger partial charge in [-0.15, -0.1) is 0 Å². The number of amides is 1. The number of esters is 1. The monoisotopic (exact) mass is 386 g/mol. The zero-order chi connectivity index (χ0) is 20.7. The maximum Gasteiger partial charge on any atom is 0.348 e. The average Bonchev–Trinajstić information content (AvgIpc) is 2.78. The molecule has 0 atom stereocenters. The molecule has 2 N–H and O–H groups in total. The normalized spacial score (nSPS) is 10.6. The van der Waals surface area contributed by atoms with Gasteiger partial charge in [-0.1, -0.05) is 66.7 Å². The van der Waals surface area contributed by atoms with Crippen molar-refractivity contribution in [1.82, 2.24) is 0 Å². The zero-order valence-electron chi connectivity index (χ0n) is 15.4. The van der Waals surface area contributed by atoms with E-state index in [1.165, 1.54) is 6.07 Å². The highest BCUT2D eigenvalue weighted by molar-refractivity contribution is 5.94. The minimum absolute atomic E-state index is 0.332. The molecule has 3 rings (SSSR count). The van der Waals surface area contributed by atoms with Crippen LogP contribution < -0.4 is 5.32 Å². The van der Waals surface area contributed by atoms with Crippen LogP contribution >= 0.6 is 0 Å². The fourth-order valence-corrected chi connectivity index (χ4v) is 2.86. The van der Waals surface area contributed by atoms with Crippen LogP contribution in [0.4, 0.5) is 5.69 Å². The second-order valence-electron chi connectivity index (χ2n) is 6.26. The Kier molecular flexibility index (Phi) is 6.03. The molecule has 0 spiro atoms. The molecule has 0 unspecified atom stereocenters. The van der Waals surface area contributed by atoms with Crippen molar-refractivity contribution in [1.29, 1.82) is 5.26 Å². The lowest BCUT2D eigenvalue weighted by molar-refractivity contribution is -0.163. The minimum atomic E-state index is -2.05. The molecule has 6 nitrogen and oxygen atoms in total. The largest absolute Gasteiger partial charge is 0.453 e. The van der Waals surface area contributed by atoms with E-state index in [-0.39, 0.29) is 0 Å². The topological polar surface area (TPSA) is 99.4 Å². The molecule has 0 fully saturated rings. The third-order valence-electron chi connectivity index (χ3n) is 4.29. The third-order valence-corrected chi connectivity index (χ3v) is 4.29. The van der Waals surface area contributed by atoms with Crippen LogP contribution in [0, 0.1) is 11.3 Å². The Labute approximate surface area is 168 Å². The quantitative estimate of drug-likeness (QED) is 0.635. The van der Waals surface area contributed by atoms with Crippen LogP contribution in [0.5, 0.6) is 0 Å². The van der Waals surface area contributed by atoms with Crippen molar-refractivity contribution in [3.05, 3.63) is 102 Å². The lowest BCUT2D eigenvalue weighted by Crippen LogP contribution is -2.39. The third kappa shape index (κ3) is 4.49. The first kappa shape index (κ1) is 19.8. The fourth-order valence-electron chi connectivity index (χ4n) is 2.86. The van der Waals surface area contributed by atoms with Crippen LogP contribution in [0.15, 0.2) is 84.9 Å². The lowest BCUT2D eigenvalue weighted by atomic mass is 9.86. The molecule has 29 heavy (non-hydrogen) atoms. The molecule has 144 valence electrons. The summed E-state index contributed by atoms with van der Waals surface area (Å²) in [5, 5.41) is 22.7. The number of rotatable bonds is 6. The van der Waals surface area contributed by atoms with E-state index in [1.54, 1.807) is 78.9 Å². The minimum Gasteiger partial charge on any atom is -0.453 e. The maximum atomic E-state index is 12.8. The molecule has 0 radical (unpaired) electrons. The van der Waals surface area contributed by atoms with Crippen molar-refractivity contribution in [2.24, 2.45) is 0 Å². The Bertz CT molecular complexity index is 1000. The van der Waals surface area contributed by atoms with E-state index in [0.717, 1.165) is 0 Å².